The fourth-order valence-corrected chi connectivity index (χ4v) is 3.38. The molecule has 3 rings (SSSR count). The first-order chi connectivity index (χ1) is 12.7. The predicted molar refractivity (Wildman–Crippen MR) is 102 cm³/mol. The summed E-state index contributed by atoms with van der Waals surface area (Å²) in [6, 6.07) is 10.1. The molecule has 1 aliphatic heterocycles. The first-order valence-corrected chi connectivity index (χ1v) is 9.10. The van der Waals surface area contributed by atoms with E-state index in [0.29, 0.717) is 10.8 Å². The van der Waals surface area contributed by atoms with Gasteiger partial charge < -0.3 is 14.6 Å². The molecule has 1 heterocycles. The van der Waals surface area contributed by atoms with Gasteiger partial charge in [0.25, 0.3) is 0 Å². The van der Waals surface area contributed by atoms with Crippen LogP contribution in [-0.4, -0.2) is 46.4 Å². The second-order valence-corrected chi connectivity index (χ2v) is 7.96. The number of benzene rings is 2. The number of likely N-dealkylation sites (tertiary alicyclic amines) is 1. The van der Waals surface area contributed by atoms with Crippen molar-refractivity contribution in [3.63, 3.8) is 0 Å². The van der Waals surface area contributed by atoms with E-state index in [1.165, 1.54) is 4.90 Å². The molecule has 0 radical (unpaired) electrons. The molecule has 1 amide bonds. The van der Waals surface area contributed by atoms with E-state index in [2.05, 4.69) is 0 Å². The first kappa shape index (κ1) is 19.3. The van der Waals surface area contributed by atoms with Gasteiger partial charge >= 0.3 is 12.1 Å². The summed E-state index contributed by atoms with van der Waals surface area (Å²) in [5.74, 6) is -0.469. The molecule has 7 heteroatoms. The van der Waals surface area contributed by atoms with Gasteiger partial charge in [0.2, 0.25) is 0 Å². The van der Waals surface area contributed by atoms with Crippen LogP contribution in [0.1, 0.15) is 27.2 Å². The number of nitrogens with zero attached hydrogens (tertiary/aromatic N) is 1. The number of hydrogen-bond acceptors (Lipinski definition) is 4. The molecular formula is C20H22ClNO5. The zero-order chi connectivity index (χ0) is 19.8. The molecule has 1 fully saturated rings. The van der Waals surface area contributed by atoms with Crippen molar-refractivity contribution >= 4 is 34.4 Å². The quantitative estimate of drug-likeness (QED) is 0.842. The highest BCUT2D eigenvalue weighted by molar-refractivity contribution is 6.35. The number of rotatable bonds is 3. The van der Waals surface area contributed by atoms with Crippen LogP contribution in [0, 0.1) is 0 Å². The fourth-order valence-electron chi connectivity index (χ4n) is 3.16. The SMILES string of the molecule is CC(C)(C)OC(=O)N1CC(Oc2ccc(Cl)c3ccccc23)CC1C(=O)O. The summed E-state index contributed by atoms with van der Waals surface area (Å²) < 4.78 is 11.4. The van der Waals surface area contributed by atoms with E-state index in [1.54, 1.807) is 32.9 Å². The van der Waals surface area contributed by atoms with Crippen LogP contribution in [0.2, 0.25) is 5.02 Å². The number of fused-ring (bicyclic) bond motifs is 1. The van der Waals surface area contributed by atoms with E-state index in [9.17, 15) is 14.7 Å². The van der Waals surface area contributed by atoms with Crippen molar-refractivity contribution < 1.29 is 24.2 Å². The van der Waals surface area contributed by atoms with Crippen LogP contribution in [0.15, 0.2) is 36.4 Å². The summed E-state index contributed by atoms with van der Waals surface area (Å²) in [5.41, 5.74) is -0.703. The third-order valence-electron chi connectivity index (χ3n) is 4.30. The molecule has 27 heavy (non-hydrogen) atoms. The number of amides is 1. The maximum absolute atomic E-state index is 12.4. The predicted octanol–water partition coefficient (Wildman–Crippen LogP) is 4.33. The molecule has 1 N–H and O–H groups in total. The van der Waals surface area contributed by atoms with Gasteiger partial charge in [0, 0.05) is 22.2 Å². The van der Waals surface area contributed by atoms with Crippen molar-refractivity contribution in [3.8, 4) is 5.75 Å². The number of hydrogen-bond donors (Lipinski definition) is 1. The van der Waals surface area contributed by atoms with Gasteiger partial charge in [-0.1, -0.05) is 35.9 Å². The van der Waals surface area contributed by atoms with Crippen molar-refractivity contribution in [2.24, 2.45) is 0 Å². The lowest BCUT2D eigenvalue weighted by Crippen LogP contribution is -2.43. The largest absolute Gasteiger partial charge is 0.488 e. The average Bonchev–Trinajstić information content (AvgIpc) is 3.01. The highest BCUT2D eigenvalue weighted by atomic mass is 35.5. The lowest BCUT2D eigenvalue weighted by atomic mass is 10.1. The van der Waals surface area contributed by atoms with E-state index in [0.717, 1.165) is 10.8 Å². The standard InChI is InChI=1S/C20H22ClNO5/c1-20(2,3)27-19(25)22-11-12(10-16(22)18(23)24)26-17-9-8-15(21)13-6-4-5-7-14(13)17/h4-9,12,16H,10-11H2,1-3H3,(H,23,24). The smallest absolute Gasteiger partial charge is 0.411 e. The van der Waals surface area contributed by atoms with Crippen LogP contribution in [0.5, 0.6) is 5.75 Å². The van der Waals surface area contributed by atoms with Gasteiger partial charge in [-0.25, -0.2) is 9.59 Å². The molecule has 0 aromatic heterocycles. The fraction of sp³-hybridized carbons (Fsp3) is 0.400. The van der Waals surface area contributed by atoms with E-state index in [4.69, 9.17) is 21.1 Å². The summed E-state index contributed by atoms with van der Waals surface area (Å²) >= 11 is 6.23. The van der Waals surface area contributed by atoms with Crippen LogP contribution < -0.4 is 4.74 Å². The number of carbonyl (C=O) groups is 2. The summed E-state index contributed by atoms with van der Waals surface area (Å²) in [5, 5.41) is 11.8. The van der Waals surface area contributed by atoms with Crippen LogP contribution in [0.3, 0.4) is 0 Å². The number of ether oxygens (including phenoxy) is 2. The van der Waals surface area contributed by atoms with Crippen LogP contribution in [0.4, 0.5) is 4.79 Å². The molecule has 1 saturated heterocycles. The van der Waals surface area contributed by atoms with Crippen molar-refractivity contribution in [1.82, 2.24) is 4.90 Å². The lowest BCUT2D eigenvalue weighted by Gasteiger charge is -2.26. The molecule has 6 nitrogen and oxygen atoms in total. The molecule has 1 aliphatic rings. The maximum atomic E-state index is 12.4. The molecule has 0 saturated carbocycles. The van der Waals surface area contributed by atoms with Gasteiger partial charge in [-0.05, 0) is 32.9 Å². The van der Waals surface area contributed by atoms with Crippen LogP contribution in [0.25, 0.3) is 10.8 Å². The molecule has 2 atom stereocenters. The Kier molecular flexibility index (Phi) is 5.20. The van der Waals surface area contributed by atoms with Crippen molar-refractivity contribution in [2.45, 2.75) is 44.9 Å². The number of halogens is 1. The summed E-state index contributed by atoms with van der Waals surface area (Å²) in [4.78, 5) is 25.2. The minimum Gasteiger partial charge on any atom is -0.488 e. The summed E-state index contributed by atoms with van der Waals surface area (Å²) in [7, 11) is 0. The van der Waals surface area contributed by atoms with Gasteiger partial charge in [-0.2, -0.15) is 0 Å². The molecule has 0 bridgehead atoms. The van der Waals surface area contributed by atoms with Crippen LogP contribution in [-0.2, 0) is 9.53 Å². The van der Waals surface area contributed by atoms with Gasteiger partial charge in [-0.3, -0.25) is 4.90 Å². The minimum atomic E-state index is -1.08. The zero-order valence-electron chi connectivity index (χ0n) is 15.4. The topological polar surface area (TPSA) is 76.1 Å². The maximum Gasteiger partial charge on any atom is 0.411 e. The Hall–Kier alpha value is -2.47. The highest BCUT2D eigenvalue weighted by Crippen LogP contribution is 2.33. The average molecular weight is 392 g/mol. The molecule has 2 unspecified atom stereocenters. The Morgan fingerprint density at radius 1 is 1.15 bits per heavy atom. The third-order valence-corrected chi connectivity index (χ3v) is 4.63. The summed E-state index contributed by atoms with van der Waals surface area (Å²) in [6.07, 6.45) is -0.920. The molecular weight excluding hydrogens is 370 g/mol. The van der Waals surface area contributed by atoms with Gasteiger partial charge in [-0.15, -0.1) is 0 Å². The summed E-state index contributed by atoms with van der Waals surface area (Å²) in [6.45, 7) is 5.36. The molecule has 0 spiro atoms. The number of carboxylic acids is 1. The van der Waals surface area contributed by atoms with Crippen molar-refractivity contribution in [3.05, 3.63) is 41.4 Å². The molecule has 144 valence electrons. The van der Waals surface area contributed by atoms with Crippen molar-refractivity contribution in [1.29, 1.82) is 0 Å². The molecule has 0 aliphatic carbocycles. The van der Waals surface area contributed by atoms with Crippen LogP contribution >= 0.6 is 11.6 Å². The number of carboxylic acid groups (broad SMARTS) is 1. The zero-order valence-corrected chi connectivity index (χ0v) is 16.2. The monoisotopic (exact) mass is 391 g/mol. The van der Waals surface area contributed by atoms with Gasteiger partial charge in [0.1, 0.15) is 23.5 Å². The number of aliphatic carboxylic acids is 1. The molecule has 2 aromatic rings. The van der Waals surface area contributed by atoms with Gasteiger partial charge in [0.15, 0.2) is 0 Å². The van der Waals surface area contributed by atoms with E-state index in [1.807, 2.05) is 24.3 Å². The Morgan fingerprint density at radius 2 is 1.81 bits per heavy atom. The second kappa shape index (κ2) is 7.27. The Labute approximate surface area is 162 Å². The van der Waals surface area contributed by atoms with E-state index in [-0.39, 0.29) is 13.0 Å². The number of carbonyl (C=O) groups excluding carboxylic acids is 1. The Balaban J connectivity index is 1.82. The van der Waals surface area contributed by atoms with E-state index >= 15 is 0 Å². The van der Waals surface area contributed by atoms with E-state index < -0.39 is 29.8 Å². The lowest BCUT2D eigenvalue weighted by molar-refractivity contribution is -0.142. The molecule has 2 aromatic carbocycles. The third kappa shape index (κ3) is 4.27. The van der Waals surface area contributed by atoms with Gasteiger partial charge in [0.05, 0.1) is 6.54 Å². The van der Waals surface area contributed by atoms with Crippen molar-refractivity contribution in [2.75, 3.05) is 6.54 Å². The first-order valence-electron chi connectivity index (χ1n) is 8.72. The highest BCUT2D eigenvalue weighted by Gasteiger charge is 2.42. The Bertz CT molecular complexity index is 876. The Morgan fingerprint density at radius 3 is 2.44 bits per heavy atom. The minimum absolute atomic E-state index is 0.142. The second-order valence-electron chi connectivity index (χ2n) is 7.55. The normalized spacial score (nSPS) is 19.9.